The van der Waals surface area contributed by atoms with Crippen LogP contribution in [0.2, 0.25) is 0 Å². The van der Waals surface area contributed by atoms with E-state index < -0.39 is 17.1 Å². The maximum Gasteiger partial charge on any atom is 0.294 e. The number of anilines is 1. The van der Waals surface area contributed by atoms with Gasteiger partial charge in [0.05, 0.1) is 4.91 Å². The predicted octanol–water partition coefficient (Wildman–Crippen LogP) is 6.66. The molecule has 0 radical (unpaired) electrons. The highest BCUT2D eigenvalue weighted by Gasteiger charge is 2.36. The van der Waals surface area contributed by atoms with E-state index in [-0.39, 0.29) is 11.4 Å². The molecule has 1 heterocycles. The van der Waals surface area contributed by atoms with Gasteiger partial charge < -0.3 is 10.1 Å². The number of rotatable bonds is 8. The van der Waals surface area contributed by atoms with Crippen LogP contribution in [0, 0.1) is 0 Å². The first-order valence-corrected chi connectivity index (χ1v) is 13.2. The standard InChI is InChI=1S/C31H26N2O4S/c1-2-21-12-15-26(16-13-21)32-29(34)19-33-30(35)28(38-31(33)36)18-25-9-5-6-10-27(25)37-20-22-11-14-23-7-3-4-8-24(23)17-22/h3-18H,2,19-20H2,1H3,(H,32,34)/b28-18-. The SMILES string of the molecule is CCc1ccc(NC(=O)CN2C(=O)S/C(=C\c3ccccc3OCc3ccc4ccccc4c3)C2=O)cc1. The Balaban J connectivity index is 1.26. The molecule has 190 valence electrons. The smallest absolute Gasteiger partial charge is 0.294 e. The van der Waals surface area contributed by atoms with Gasteiger partial charge in [0.15, 0.2) is 0 Å². The van der Waals surface area contributed by atoms with Crippen LogP contribution in [-0.4, -0.2) is 28.5 Å². The van der Waals surface area contributed by atoms with Gasteiger partial charge in [0.2, 0.25) is 5.91 Å². The first kappa shape index (κ1) is 25.3. The quantitative estimate of drug-likeness (QED) is 0.262. The Labute approximate surface area is 225 Å². The van der Waals surface area contributed by atoms with Gasteiger partial charge >= 0.3 is 0 Å². The summed E-state index contributed by atoms with van der Waals surface area (Å²) in [4.78, 5) is 39.3. The van der Waals surface area contributed by atoms with Crippen LogP contribution in [0.1, 0.15) is 23.6 Å². The molecule has 4 aromatic carbocycles. The van der Waals surface area contributed by atoms with Gasteiger partial charge in [-0.2, -0.15) is 0 Å². The fourth-order valence-electron chi connectivity index (χ4n) is 4.17. The molecule has 0 spiro atoms. The molecule has 1 fully saturated rings. The van der Waals surface area contributed by atoms with E-state index in [1.54, 1.807) is 18.2 Å². The zero-order chi connectivity index (χ0) is 26.5. The van der Waals surface area contributed by atoms with E-state index in [2.05, 4.69) is 36.5 Å². The Morgan fingerprint density at radius 1 is 0.895 bits per heavy atom. The fraction of sp³-hybridized carbons (Fsp3) is 0.129. The molecule has 7 heteroatoms. The lowest BCUT2D eigenvalue weighted by Crippen LogP contribution is -2.36. The number of carbonyl (C=O) groups is 3. The zero-order valence-corrected chi connectivity index (χ0v) is 21.7. The van der Waals surface area contributed by atoms with Crippen molar-refractivity contribution in [2.75, 3.05) is 11.9 Å². The van der Waals surface area contributed by atoms with Gasteiger partial charge in [0, 0.05) is 11.3 Å². The molecule has 1 aliphatic heterocycles. The number of thioether (sulfide) groups is 1. The molecule has 0 bridgehead atoms. The first-order chi connectivity index (χ1) is 18.5. The third-order valence-electron chi connectivity index (χ3n) is 6.24. The molecular weight excluding hydrogens is 496 g/mol. The minimum atomic E-state index is -0.499. The number of amides is 3. The highest BCUT2D eigenvalue weighted by Crippen LogP contribution is 2.34. The number of fused-ring (bicyclic) bond motifs is 1. The maximum absolute atomic E-state index is 13.0. The Hall–Kier alpha value is -4.36. The molecule has 38 heavy (non-hydrogen) atoms. The molecule has 0 saturated carbocycles. The summed E-state index contributed by atoms with van der Waals surface area (Å²) in [6, 6.07) is 29.1. The first-order valence-electron chi connectivity index (χ1n) is 12.3. The van der Waals surface area contributed by atoms with Gasteiger partial charge in [-0.05, 0) is 70.4 Å². The van der Waals surface area contributed by atoms with Crippen molar-refractivity contribution in [2.45, 2.75) is 20.0 Å². The average molecular weight is 523 g/mol. The molecule has 0 unspecified atom stereocenters. The predicted molar refractivity (Wildman–Crippen MR) is 152 cm³/mol. The number of nitrogens with zero attached hydrogens (tertiary/aromatic N) is 1. The lowest BCUT2D eigenvalue weighted by atomic mass is 10.1. The second-order valence-electron chi connectivity index (χ2n) is 8.87. The summed E-state index contributed by atoms with van der Waals surface area (Å²) in [5.74, 6) is -0.335. The van der Waals surface area contributed by atoms with E-state index in [4.69, 9.17) is 4.74 Å². The van der Waals surface area contributed by atoms with Crippen molar-refractivity contribution in [2.24, 2.45) is 0 Å². The fourth-order valence-corrected chi connectivity index (χ4v) is 5.00. The van der Waals surface area contributed by atoms with Gasteiger partial charge in [-0.25, -0.2) is 0 Å². The Kier molecular flexibility index (Phi) is 7.56. The third-order valence-corrected chi connectivity index (χ3v) is 7.14. The van der Waals surface area contributed by atoms with E-state index in [0.29, 0.717) is 23.6 Å². The van der Waals surface area contributed by atoms with E-state index in [1.165, 1.54) is 0 Å². The van der Waals surface area contributed by atoms with Crippen molar-refractivity contribution in [3.05, 3.63) is 113 Å². The monoisotopic (exact) mass is 522 g/mol. The molecule has 5 rings (SSSR count). The number of aryl methyl sites for hydroxylation is 1. The summed E-state index contributed by atoms with van der Waals surface area (Å²) in [6.07, 6.45) is 2.54. The van der Waals surface area contributed by atoms with Gasteiger partial charge in [-0.1, -0.05) is 73.7 Å². The Bertz CT molecular complexity index is 1550. The van der Waals surface area contributed by atoms with Crippen molar-refractivity contribution in [1.82, 2.24) is 4.90 Å². The molecule has 3 amide bonds. The van der Waals surface area contributed by atoms with Gasteiger partial charge in [0.1, 0.15) is 18.9 Å². The summed E-state index contributed by atoms with van der Waals surface area (Å²) in [5, 5.41) is 4.56. The Morgan fingerprint density at radius 2 is 1.61 bits per heavy atom. The van der Waals surface area contributed by atoms with Crippen LogP contribution in [0.3, 0.4) is 0 Å². The summed E-state index contributed by atoms with van der Waals surface area (Å²) in [6.45, 7) is 2.06. The topological polar surface area (TPSA) is 75.7 Å². The lowest BCUT2D eigenvalue weighted by Gasteiger charge is -2.13. The van der Waals surface area contributed by atoms with Crippen LogP contribution in [0.4, 0.5) is 10.5 Å². The summed E-state index contributed by atoms with van der Waals surface area (Å²) in [5.41, 5.74) is 3.47. The molecule has 0 aromatic heterocycles. The van der Waals surface area contributed by atoms with Crippen molar-refractivity contribution in [1.29, 1.82) is 0 Å². The number of hydrogen-bond donors (Lipinski definition) is 1. The van der Waals surface area contributed by atoms with E-state index in [9.17, 15) is 14.4 Å². The minimum absolute atomic E-state index is 0.247. The number of imide groups is 1. The molecular formula is C31H26N2O4S. The van der Waals surface area contributed by atoms with Crippen molar-refractivity contribution >= 4 is 51.4 Å². The number of hydrogen-bond acceptors (Lipinski definition) is 5. The molecule has 0 atom stereocenters. The summed E-state index contributed by atoms with van der Waals surface area (Å²) < 4.78 is 6.09. The average Bonchev–Trinajstić information content (AvgIpc) is 3.20. The van der Waals surface area contributed by atoms with Crippen LogP contribution in [0.15, 0.2) is 95.9 Å². The number of para-hydroxylation sites is 1. The number of benzene rings is 4. The number of ether oxygens (including phenoxy) is 1. The highest BCUT2D eigenvalue weighted by atomic mass is 32.2. The van der Waals surface area contributed by atoms with Crippen LogP contribution in [0.25, 0.3) is 16.8 Å². The van der Waals surface area contributed by atoms with Crippen molar-refractivity contribution in [3.8, 4) is 5.75 Å². The van der Waals surface area contributed by atoms with Gasteiger partial charge in [-0.3, -0.25) is 19.3 Å². The molecule has 1 N–H and O–H groups in total. The highest BCUT2D eigenvalue weighted by molar-refractivity contribution is 8.18. The molecule has 6 nitrogen and oxygen atoms in total. The largest absolute Gasteiger partial charge is 0.488 e. The van der Waals surface area contributed by atoms with Crippen molar-refractivity contribution < 1.29 is 19.1 Å². The lowest BCUT2D eigenvalue weighted by molar-refractivity contribution is -0.127. The number of nitrogens with one attached hydrogen (secondary N) is 1. The van der Waals surface area contributed by atoms with E-state index in [0.717, 1.165) is 45.0 Å². The Morgan fingerprint density at radius 3 is 2.39 bits per heavy atom. The summed E-state index contributed by atoms with van der Waals surface area (Å²) in [7, 11) is 0. The van der Waals surface area contributed by atoms with Crippen LogP contribution < -0.4 is 10.1 Å². The second-order valence-corrected chi connectivity index (χ2v) is 9.87. The van der Waals surface area contributed by atoms with E-state index >= 15 is 0 Å². The van der Waals surface area contributed by atoms with E-state index in [1.807, 2.05) is 54.6 Å². The second kappa shape index (κ2) is 11.4. The maximum atomic E-state index is 13.0. The molecule has 0 aliphatic carbocycles. The molecule has 1 saturated heterocycles. The van der Waals surface area contributed by atoms with Crippen LogP contribution in [0.5, 0.6) is 5.75 Å². The minimum Gasteiger partial charge on any atom is -0.488 e. The normalized spacial score (nSPS) is 14.3. The van der Waals surface area contributed by atoms with Crippen LogP contribution >= 0.6 is 11.8 Å². The van der Waals surface area contributed by atoms with Crippen LogP contribution in [-0.2, 0) is 22.6 Å². The molecule has 1 aliphatic rings. The van der Waals surface area contributed by atoms with Gasteiger partial charge in [0.25, 0.3) is 11.1 Å². The van der Waals surface area contributed by atoms with Gasteiger partial charge in [-0.15, -0.1) is 0 Å². The number of carbonyl (C=O) groups excluding carboxylic acids is 3. The van der Waals surface area contributed by atoms with Crippen molar-refractivity contribution in [3.63, 3.8) is 0 Å². The summed E-state index contributed by atoms with van der Waals surface area (Å²) >= 11 is 0.817. The molecule has 4 aromatic rings. The third kappa shape index (κ3) is 5.79. The zero-order valence-electron chi connectivity index (χ0n) is 20.8.